The van der Waals surface area contributed by atoms with Gasteiger partial charge in [0.2, 0.25) is 0 Å². The number of allylic oxidation sites excluding steroid dienone is 1. The van der Waals surface area contributed by atoms with Gasteiger partial charge in [-0.1, -0.05) is 77.2 Å². The maximum absolute atomic E-state index is 11.3. The summed E-state index contributed by atoms with van der Waals surface area (Å²) in [5.74, 6) is -0.180. The average Bonchev–Trinajstić information content (AvgIpc) is 2.50. The lowest BCUT2D eigenvalue weighted by molar-refractivity contribution is -0.116. The van der Waals surface area contributed by atoms with E-state index in [-0.39, 0.29) is 12.4 Å². The van der Waals surface area contributed by atoms with E-state index < -0.39 is 6.04 Å². The summed E-state index contributed by atoms with van der Waals surface area (Å²) >= 11 is 0. The molecule has 0 saturated carbocycles. The van der Waals surface area contributed by atoms with E-state index in [2.05, 4.69) is 6.92 Å². The van der Waals surface area contributed by atoms with Gasteiger partial charge in [-0.2, -0.15) is 0 Å². The lowest BCUT2D eigenvalue weighted by Gasteiger charge is -2.02. The minimum Gasteiger partial charge on any atom is -0.394 e. The standard InChI is InChI=1S/C18H35NO2/c1-2-3-4-5-6-7-8-9-10-11-12-13-14-15-18(21)17(19)16-20/h14-15,17,20H,2-13,16,19H2,1H3/b15-14+. The van der Waals surface area contributed by atoms with Crippen LogP contribution in [0, 0.1) is 0 Å². The molecule has 3 N–H and O–H groups in total. The van der Waals surface area contributed by atoms with Gasteiger partial charge in [-0.15, -0.1) is 0 Å². The second kappa shape index (κ2) is 15.7. The molecular formula is C18H35NO2. The van der Waals surface area contributed by atoms with Crippen LogP contribution in [0.2, 0.25) is 0 Å². The third kappa shape index (κ3) is 14.0. The topological polar surface area (TPSA) is 63.3 Å². The Morgan fingerprint density at radius 1 is 0.952 bits per heavy atom. The maximum Gasteiger partial charge on any atom is 0.174 e. The number of carbonyl (C=O) groups excluding carboxylic acids is 1. The summed E-state index contributed by atoms with van der Waals surface area (Å²) in [4.78, 5) is 11.3. The fourth-order valence-electron chi connectivity index (χ4n) is 2.34. The van der Waals surface area contributed by atoms with Crippen molar-refractivity contribution in [2.24, 2.45) is 5.73 Å². The molecule has 0 spiro atoms. The molecule has 21 heavy (non-hydrogen) atoms. The number of hydrogen-bond acceptors (Lipinski definition) is 3. The number of ketones is 1. The molecule has 0 aromatic carbocycles. The Morgan fingerprint density at radius 3 is 1.90 bits per heavy atom. The van der Waals surface area contributed by atoms with E-state index in [4.69, 9.17) is 10.8 Å². The van der Waals surface area contributed by atoms with Crippen LogP contribution in [0.25, 0.3) is 0 Å². The minimum absolute atomic E-state index is 0.180. The van der Waals surface area contributed by atoms with Crippen LogP contribution in [0.3, 0.4) is 0 Å². The first-order chi connectivity index (χ1) is 10.2. The molecule has 0 fully saturated rings. The normalized spacial score (nSPS) is 12.9. The molecule has 3 nitrogen and oxygen atoms in total. The van der Waals surface area contributed by atoms with Gasteiger partial charge in [0.15, 0.2) is 5.78 Å². The number of carbonyl (C=O) groups is 1. The van der Waals surface area contributed by atoms with Gasteiger partial charge in [0.05, 0.1) is 12.6 Å². The average molecular weight is 297 g/mol. The first-order valence-corrected chi connectivity index (χ1v) is 8.79. The zero-order valence-corrected chi connectivity index (χ0v) is 13.9. The summed E-state index contributed by atoms with van der Waals surface area (Å²) in [6, 6.07) is -0.751. The zero-order valence-electron chi connectivity index (χ0n) is 13.9. The Hall–Kier alpha value is -0.670. The Labute approximate surface area is 131 Å². The van der Waals surface area contributed by atoms with Crippen molar-refractivity contribution < 1.29 is 9.90 Å². The van der Waals surface area contributed by atoms with Crippen molar-refractivity contribution in [2.45, 2.75) is 90.0 Å². The van der Waals surface area contributed by atoms with Gasteiger partial charge in [-0.3, -0.25) is 4.79 Å². The van der Waals surface area contributed by atoms with Crippen LogP contribution in [0.4, 0.5) is 0 Å². The van der Waals surface area contributed by atoms with Gasteiger partial charge < -0.3 is 10.8 Å². The molecule has 0 saturated heterocycles. The summed E-state index contributed by atoms with van der Waals surface area (Å²) in [6.45, 7) is 1.98. The van der Waals surface area contributed by atoms with Crippen molar-refractivity contribution in [1.82, 2.24) is 0 Å². The zero-order chi connectivity index (χ0) is 15.8. The molecule has 0 amide bonds. The molecule has 0 heterocycles. The Balaban J connectivity index is 3.22. The van der Waals surface area contributed by atoms with Gasteiger partial charge in [0.25, 0.3) is 0 Å². The molecule has 3 heteroatoms. The maximum atomic E-state index is 11.3. The van der Waals surface area contributed by atoms with Gasteiger partial charge in [0.1, 0.15) is 0 Å². The van der Waals surface area contributed by atoms with Gasteiger partial charge in [0, 0.05) is 0 Å². The van der Waals surface area contributed by atoms with E-state index in [1.165, 1.54) is 70.3 Å². The predicted octanol–water partition coefficient (Wildman–Crippen LogP) is 4.13. The monoisotopic (exact) mass is 297 g/mol. The molecule has 0 aliphatic rings. The first-order valence-electron chi connectivity index (χ1n) is 8.79. The van der Waals surface area contributed by atoms with Crippen molar-refractivity contribution >= 4 is 5.78 Å². The molecule has 0 bridgehead atoms. The molecule has 0 radical (unpaired) electrons. The van der Waals surface area contributed by atoms with E-state index in [0.717, 1.165) is 12.8 Å². The number of aliphatic hydroxyl groups excluding tert-OH is 1. The number of unbranched alkanes of at least 4 members (excludes halogenated alkanes) is 11. The van der Waals surface area contributed by atoms with E-state index in [1.54, 1.807) is 0 Å². The Kier molecular flexibility index (Phi) is 15.2. The highest BCUT2D eigenvalue weighted by atomic mass is 16.3. The van der Waals surface area contributed by atoms with Gasteiger partial charge >= 0.3 is 0 Å². The van der Waals surface area contributed by atoms with E-state index >= 15 is 0 Å². The van der Waals surface area contributed by atoms with Crippen molar-refractivity contribution in [1.29, 1.82) is 0 Å². The molecule has 0 aliphatic carbocycles. The molecule has 124 valence electrons. The fourth-order valence-corrected chi connectivity index (χ4v) is 2.34. The molecule has 1 atom stereocenters. The van der Waals surface area contributed by atoms with Crippen molar-refractivity contribution in [3.05, 3.63) is 12.2 Å². The molecule has 0 aromatic heterocycles. The molecule has 0 rings (SSSR count). The van der Waals surface area contributed by atoms with Crippen LogP contribution in [0.15, 0.2) is 12.2 Å². The van der Waals surface area contributed by atoms with Crippen LogP contribution in [0.1, 0.15) is 84.0 Å². The van der Waals surface area contributed by atoms with Crippen molar-refractivity contribution in [2.75, 3.05) is 6.61 Å². The number of aliphatic hydroxyl groups is 1. The van der Waals surface area contributed by atoms with Crippen LogP contribution >= 0.6 is 0 Å². The van der Waals surface area contributed by atoms with E-state index in [9.17, 15) is 4.79 Å². The Bertz CT molecular complexity index is 264. The van der Waals surface area contributed by atoms with Crippen molar-refractivity contribution in [3.8, 4) is 0 Å². The van der Waals surface area contributed by atoms with Crippen LogP contribution in [0.5, 0.6) is 0 Å². The highest BCUT2D eigenvalue weighted by molar-refractivity contribution is 5.94. The first kappa shape index (κ1) is 20.3. The van der Waals surface area contributed by atoms with Crippen LogP contribution < -0.4 is 5.73 Å². The fraction of sp³-hybridized carbons (Fsp3) is 0.833. The summed E-state index contributed by atoms with van der Waals surface area (Å²) < 4.78 is 0. The smallest absolute Gasteiger partial charge is 0.174 e. The highest BCUT2D eigenvalue weighted by Crippen LogP contribution is 2.11. The van der Waals surface area contributed by atoms with E-state index in [0.29, 0.717) is 0 Å². The third-order valence-electron chi connectivity index (χ3n) is 3.82. The summed E-state index contributed by atoms with van der Waals surface area (Å²) in [6.07, 6.45) is 19.0. The lowest BCUT2D eigenvalue weighted by Crippen LogP contribution is -2.32. The lowest BCUT2D eigenvalue weighted by atomic mass is 10.1. The third-order valence-corrected chi connectivity index (χ3v) is 3.82. The molecule has 0 aromatic rings. The van der Waals surface area contributed by atoms with Gasteiger partial charge in [-0.05, 0) is 18.9 Å². The largest absolute Gasteiger partial charge is 0.394 e. The molecular weight excluding hydrogens is 262 g/mol. The Morgan fingerprint density at radius 2 is 1.43 bits per heavy atom. The number of rotatable bonds is 15. The predicted molar refractivity (Wildman–Crippen MR) is 90.3 cm³/mol. The SMILES string of the molecule is CCCCCCCCCCCCC/C=C/C(=O)C(N)CO. The van der Waals surface area contributed by atoms with Crippen LogP contribution in [-0.2, 0) is 4.79 Å². The molecule has 1 unspecified atom stereocenters. The molecule has 0 aliphatic heterocycles. The second-order valence-electron chi connectivity index (χ2n) is 5.92. The quantitative estimate of drug-likeness (QED) is 0.353. The number of nitrogens with two attached hydrogens (primary N) is 1. The van der Waals surface area contributed by atoms with Crippen molar-refractivity contribution in [3.63, 3.8) is 0 Å². The second-order valence-corrected chi connectivity index (χ2v) is 5.92. The highest BCUT2D eigenvalue weighted by Gasteiger charge is 2.06. The number of hydrogen-bond donors (Lipinski definition) is 2. The summed E-state index contributed by atoms with van der Waals surface area (Å²) in [7, 11) is 0. The van der Waals surface area contributed by atoms with E-state index in [1.807, 2.05) is 6.08 Å². The van der Waals surface area contributed by atoms with Gasteiger partial charge in [-0.25, -0.2) is 0 Å². The summed E-state index contributed by atoms with van der Waals surface area (Å²) in [5, 5.41) is 8.73. The minimum atomic E-state index is -0.751. The van der Waals surface area contributed by atoms with Crippen LogP contribution in [-0.4, -0.2) is 23.5 Å². The summed E-state index contributed by atoms with van der Waals surface area (Å²) in [5.41, 5.74) is 5.41.